The zero-order valence-corrected chi connectivity index (χ0v) is 10.0. The van der Waals surface area contributed by atoms with Gasteiger partial charge in [0.1, 0.15) is 0 Å². The van der Waals surface area contributed by atoms with Crippen LogP contribution >= 0.6 is 0 Å². The fourth-order valence-electron chi connectivity index (χ4n) is 2.24. The Labute approximate surface area is 95.8 Å². The Kier molecular flexibility index (Phi) is 3.50. The number of likely N-dealkylation sites (tertiary alicyclic amines) is 1. The van der Waals surface area contributed by atoms with Gasteiger partial charge in [0, 0.05) is 12.6 Å². The molecule has 1 aliphatic heterocycles. The van der Waals surface area contributed by atoms with Crippen molar-refractivity contribution in [3.63, 3.8) is 0 Å². The molecular formula is C10H20N6. The predicted octanol–water partition coefficient (Wildman–Crippen LogP) is -0.231. The minimum Gasteiger partial charge on any atom is -0.330 e. The van der Waals surface area contributed by atoms with Crippen molar-refractivity contribution in [3.8, 4) is 0 Å². The maximum Gasteiger partial charge on any atom is 0.188 e. The predicted molar refractivity (Wildman–Crippen MR) is 60.4 cm³/mol. The summed E-state index contributed by atoms with van der Waals surface area (Å²) in [5.74, 6) is 1.42. The quantitative estimate of drug-likeness (QED) is 0.767. The monoisotopic (exact) mass is 224 g/mol. The van der Waals surface area contributed by atoms with E-state index in [1.165, 1.54) is 17.6 Å². The van der Waals surface area contributed by atoms with Crippen LogP contribution in [0.3, 0.4) is 0 Å². The highest BCUT2D eigenvalue weighted by atomic mass is 15.6. The van der Waals surface area contributed by atoms with Gasteiger partial charge < -0.3 is 5.73 Å². The van der Waals surface area contributed by atoms with Gasteiger partial charge in [-0.1, -0.05) is 0 Å². The lowest BCUT2D eigenvalue weighted by molar-refractivity contribution is 0.110. The SMILES string of the molecule is CC1CCC(CN)CN1Cc1nnn(C)n1. The van der Waals surface area contributed by atoms with Gasteiger partial charge in [-0.2, -0.15) is 4.80 Å². The number of nitrogens with zero attached hydrogens (tertiary/aromatic N) is 5. The van der Waals surface area contributed by atoms with Gasteiger partial charge in [0.15, 0.2) is 5.82 Å². The highest BCUT2D eigenvalue weighted by molar-refractivity contribution is 4.84. The Hall–Kier alpha value is -1.01. The second-order valence-corrected chi connectivity index (χ2v) is 4.65. The van der Waals surface area contributed by atoms with Gasteiger partial charge in [0.05, 0.1) is 13.6 Å². The van der Waals surface area contributed by atoms with Crippen LogP contribution < -0.4 is 5.73 Å². The summed E-state index contributed by atoms with van der Waals surface area (Å²) in [7, 11) is 1.79. The normalized spacial score (nSPS) is 27.2. The third-order valence-electron chi connectivity index (χ3n) is 3.34. The Morgan fingerprint density at radius 3 is 2.88 bits per heavy atom. The standard InChI is InChI=1S/C10H20N6/c1-8-3-4-9(5-11)6-16(8)7-10-12-14-15(2)13-10/h8-9H,3-7,11H2,1-2H3. The van der Waals surface area contributed by atoms with E-state index in [2.05, 4.69) is 27.2 Å². The molecule has 1 aromatic heterocycles. The fourth-order valence-corrected chi connectivity index (χ4v) is 2.24. The number of aromatic nitrogens is 4. The second kappa shape index (κ2) is 4.88. The first kappa shape index (κ1) is 11.5. The molecule has 1 aromatic rings. The molecule has 90 valence electrons. The summed E-state index contributed by atoms with van der Waals surface area (Å²) >= 11 is 0. The molecule has 6 heteroatoms. The first-order valence-corrected chi connectivity index (χ1v) is 5.86. The molecule has 2 atom stereocenters. The van der Waals surface area contributed by atoms with E-state index in [1.807, 2.05) is 0 Å². The molecular weight excluding hydrogens is 204 g/mol. The number of piperidine rings is 1. The number of nitrogens with two attached hydrogens (primary N) is 1. The van der Waals surface area contributed by atoms with Crippen LogP contribution in [0.4, 0.5) is 0 Å². The topological polar surface area (TPSA) is 72.9 Å². The summed E-state index contributed by atoms with van der Waals surface area (Å²) in [4.78, 5) is 3.91. The van der Waals surface area contributed by atoms with E-state index in [-0.39, 0.29) is 0 Å². The Balaban J connectivity index is 1.96. The van der Waals surface area contributed by atoms with E-state index in [4.69, 9.17) is 5.73 Å². The van der Waals surface area contributed by atoms with Crippen LogP contribution in [0.15, 0.2) is 0 Å². The van der Waals surface area contributed by atoms with Gasteiger partial charge in [0.25, 0.3) is 0 Å². The van der Waals surface area contributed by atoms with Crippen LogP contribution in [-0.4, -0.2) is 44.2 Å². The highest BCUT2D eigenvalue weighted by Gasteiger charge is 2.25. The average Bonchev–Trinajstić information content (AvgIpc) is 2.67. The fraction of sp³-hybridized carbons (Fsp3) is 0.900. The number of hydrogen-bond donors (Lipinski definition) is 1. The lowest BCUT2D eigenvalue weighted by atomic mass is 9.93. The first-order chi connectivity index (χ1) is 7.69. The molecule has 0 bridgehead atoms. The Morgan fingerprint density at radius 1 is 1.44 bits per heavy atom. The summed E-state index contributed by atoms with van der Waals surface area (Å²) in [5.41, 5.74) is 5.73. The van der Waals surface area contributed by atoms with Gasteiger partial charge in [-0.15, -0.1) is 10.2 Å². The number of rotatable bonds is 3. The average molecular weight is 224 g/mol. The Bertz CT molecular complexity index is 336. The molecule has 0 saturated carbocycles. The van der Waals surface area contributed by atoms with Crippen molar-refractivity contribution in [2.45, 2.75) is 32.4 Å². The molecule has 2 rings (SSSR count). The van der Waals surface area contributed by atoms with Crippen LogP contribution in [0.1, 0.15) is 25.6 Å². The zero-order chi connectivity index (χ0) is 11.5. The molecule has 2 N–H and O–H groups in total. The van der Waals surface area contributed by atoms with E-state index >= 15 is 0 Å². The molecule has 0 spiro atoms. The van der Waals surface area contributed by atoms with E-state index in [0.29, 0.717) is 12.0 Å². The summed E-state index contributed by atoms with van der Waals surface area (Å²) < 4.78 is 0. The lowest BCUT2D eigenvalue weighted by Crippen LogP contribution is -2.43. The number of tetrazole rings is 1. The van der Waals surface area contributed by atoms with Crippen LogP contribution in [-0.2, 0) is 13.6 Å². The molecule has 2 unspecified atom stereocenters. The van der Waals surface area contributed by atoms with Gasteiger partial charge in [-0.25, -0.2) is 0 Å². The van der Waals surface area contributed by atoms with Gasteiger partial charge in [0.2, 0.25) is 0 Å². The molecule has 1 saturated heterocycles. The van der Waals surface area contributed by atoms with Crippen molar-refractivity contribution >= 4 is 0 Å². The highest BCUT2D eigenvalue weighted by Crippen LogP contribution is 2.21. The number of hydrogen-bond acceptors (Lipinski definition) is 5. The van der Waals surface area contributed by atoms with Crippen molar-refractivity contribution in [2.24, 2.45) is 18.7 Å². The molecule has 2 heterocycles. The molecule has 0 aliphatic carbocycles. The van der Waals surface area contributed by atoms with Crippen molar-refractivity contribution in [1.82, 2.24) is 25.1 Å². The summed E-state index contributed by atoms with van der Waals surface area (Å²) in [5, 5.41) is 12.1. The maximum absolute atomic E-state index is 5.73. The van der Waals surface area contributed by atoms with E-state index in [0.717, 1.165) is 25.5 Å². The molecule has 0 amide bonds. The third-order valence-corrected chi connectivity index (χ3v) is 3.34. The van der Waals surface area contributed by atoms with Gasteiger partial charge in [-0.3, -0.25) is 4.90 Å². The summed E-state index contributed by atoms with van der Waals surface area (Å²) in [6.45, 7) is 4.86. The minimum atomic E-state index is 0.589. The van der Waals surface area contributed by atoms with E-state index < -0.39 is 0 Å². The van der Waals surface area contributed by atoms with E-state index in [9.17, 15) is 0 Å². The van der Waals surface area contributed by atoms with Crippen LogP contribution in [0.2, 0.25) is 0 Å². The van der Waals surface area contributed by atoms with Crippen molar-refractivity contribution < 1.29 is 0 Å². The first-order valence-electron chi connectivity index (χ1n) is 5.86. The smallest absolute Gasteiger partial charge is 0.188 e. The summed E-state index contributed by atoms with van der Waals surface area (Å²) in [6.07, 6.45) is 2.45. The van der Waals surface area contributed by atoms with Crippen LogP contribution in [0.5, 0.6) is 0 Å². The van der Waals surface area contributed by atoms with Gasteiger partial charge in [-0.05, 0) is 37.4 Å². The zero-order valence-electron chi connectivity index (χ0n) is 10.0. The second-order valence-electron chi connectivity index (χ2n) is 4.65. The maximum atomic E-state index is 5.73. The van der Waals surface area contributed by atoms with Crippen molar-refractivity contribution in [3.05, 3.63) is 5.82 Å². The minimum absolute atomic E-state index is 0.589. The molecule has 1 aliphatic rings. The Morgan fingerprint density at radius 2 is 2.25 bits per heavy atom. The van der Waals surface area contributed by atoms with Gasteiger partial charge >= 0.3 is 0 Å². The van der Waals surface area contributed by atoms with Crippen LogP contribution in [0.25, 0.3) is 0 Å². The summed E-state index contributed by atoms with van der Waals surface area (Å²) in [6, 6.07) is 0.589. The third kappa shape index (κ3) is 2.56. The van der Waals surface area contributed by atoms with E-state index in [1.54, 1.807) is 7.05 Å². The van der Waals surface area contributed by atoms with Crippen molar-refractivity contribution in [2.75, 3.05) is 13.1 Å². The molecule has 16 heavy (non-hydrogen) atoms. The van der Waals surface area contributed by atoms with Crippen LogP contribution in [0, 0.1) is 5.92 Å². The molecule has 1 fully saturated rings. The molecule has 6 nitrogen and oxygen atoms in total. The van der Waals surface area contributed by atoms with Crippen molar-refractivity contribution in [1.29, 1.82) is 0 Å². The number of aryl methyl sites for hydroxylation is 1. The molecule has 0 aromatic carbocycles. The molecule has 0 radical (unpaired) electrons. The largest absolute Gasteiger partial charge is 0.330 e. The lowest BCUT2D eigenvalue weighted by Gasteiger charge is -2.36.